The zero-order chi connectivity index (χ0) is 15.0. The second-order valence-corrected chi connectivity index (χ2v) is 6.02. The molecule has 0 aromatic carbocycles. The number of carbonyl (C=O) groups excluding carboxylic acids is 1. The van der Waals surface area contributed by atoms with Gasteiger partial charge < -0.3 is 15.5 Å². The normalized spacial score (nSPS) is 14.0. The van der Waals surface area contributed by atoms with Crippen molar-refractivity contribution in [2.75, 3.05) is 6.54 Å². The van der Waals surface area contributed by atoms with E-state index in [2.05, 4.69) is 12.2 Å². The molecule has 2 atom stereocenters. The SMILES string of the molecule is CCCCCCc1ccsc1C(O)C(O)CNC(C)=O. The average Bonchev–Trinajstić information content (AvgIpc) is 2.88. The number of aliphatic hydroxyl groups excluding tert-OH is 2. The fourth-order valence-electron chi connectivity index (χ4n) is 2.09. The van der Waals surface area contributed by atoms with E-state index < -0.39 is 12.2 Å². The van der Waals surface area contributed by atoms with Crippen LogP contribution in [0.4, 0.5) is 0 Å². The van der Waals surface area contributed by atoms with E-state index in [1.807, 2.05) is 11.4 Å². The molecule has 1 heterocycles. The van der Waals surface area contributed by atoms with E-state index in [0.29, 0.717) is 0 Å². The third-order valence-corrected chi connectivity index (χ3v) is 4.30. The van der Waals surface area contributed by atoms with Gasteiger partial charge in [0.15, 0.2) is 0 Å². The molecule has 0 fully saturated rings. The molecule has 114 valence electrons. The molecule has 2 unspecified atom stereocenters. The van der Waals surface area contributed by atoms with Gasteiger partial charge in [0, 0.05) is 18.3 Å². The molecular weight excluding hydrogens is 274 g/mol. The number of aliphatic hydroxyl groups is 2. The Labute approximate surface area is 124 Å². The Balaban J connectivity index is 2.52. The van der Waals surface area contributed by atoms with Gasteiger partial charge in [-0.25, -0.2) is 0 Å². The van der Waals surface area contributed by atoms with Gasteiger partial charge in [-0.2, -0.15) is 0 Å². The summed E-state index contributed by atoms with van der Waals surface area (Å²) in [7, 11) is 0. The van der Waals surface area contributed by atoms with Crippen LogP contribution >= 0.6 is 11.3 Å². The third kappa shape index (κ3) is 5.61. The predicted molar refractivity (Wildman–Crippen MR) is 81.8 cm³/mol. The number of carbonyl (C=O) groups is 1. The first kappa shape index (κ1) is 17.1. The summed E-state index contributed by atoms with van der Waals surface area (Å²) >= 11 is 1.46. The highest BCUT2D eigenvalue weighted by Crippen LogP contribution is 2.28. The number of hydrogen-bond acceptors (Lipinski definition) is 4. The first-order valence-corrected chi connectivity index (χ1v) is 8.11. The maximum absolute atomic E-state index is 10.8. The molecule has 1 aromatic rings. The van der Waals surface area contributed by atoms with Crippen LogP contribution in [0.5, 0.6) is 0 Å². The minimum Gasteiger partial charge on any atom is -0.388 e. The van der Waals surface area contributed by atoms with Gasteiger partial charge >= 0.3 is 0 Å². The van der Waals surface area contributed by atoms with Gasteiger partial charge in [-0.05, 0) is 29.9 Å². The summed E-state index contributed by atoms with van der Waals surface area (Å²) in [6.45, 7) is 3.64. The maximum Gasteiger partial charge on any atom is 0.216 e. The lowest BCUT2D eigenvalue weighted by molar-refractivity contribution is -0.119. The molecule has 0 spiro atoms. The van der Waals surface area contributed by atoms with Crippen LogP contribution in [0.1, 0.15) is 56.1 Å². The third-order valence-electron chi connectivity index (χ3n) is 3.27. The molecule has 0 bridgehead atoms. The van der Waals surface area contributed by atoms with Crippen LogP contribution in [0.2, 0.25) is 0 Å². The van der Waals surface area contributed by atoms with Gasteiger partial charge in [-0.1, -0.05) is 26.2 Å². The summed E-state index contributed by atoms with van der Waals surface area (Å²) < 4.78 is 0. The zero-order valence-corrected chi connectivity index (χ0v) is 13.1. The molecule has 3 N–H and O–H groups in total. The van der Waals surface area contributed by atoms with E-state index >= 15 is 0 Å². The van der Waals surface area contributed by atoms with Crippen molar-refractivity contribution in [3.8, 4) is 0 Å². The van der Waals surface area contributed by atoms with Crippen molar-refractivity contribution in [1.82, 2.24) is 5.32 Å². The second-order valence-electron chi connectivity index (χ2n) is 5.07. The van der Waals surface area contributed by atoms with Crippen LogP contribution in [0.15, 0.2) is 11.4 Å². The Morgan fingerprint density at radius 3 is 2.75 bits per heavy atom. The van der Waals surface area contributed by atoms with Gasteiger partial charge in [0.25, 0.3) is 0 Å². The largest absolute Gasteiger partial charge is 0.388 e. The number of thiophene rings is 1. The van der Waals surface area contributed by atoms with E-state index in [1.165, 1.54) is 37.5 Å². The summed E-state index contributed by atoms with van der Waals surface area (Å²) in [5, 5.41) is 24.6. The number of unbranched alkanes of at least 4 members (excludes halogenated alkanes) is 3. The van der Waals surface area contributed by atoms with Gasteiger partial charge in [0.1, 0.15) is 12.2 Å². The Morgan fingerprint density at radius 2 is 2.10 bits per heavy atom. The van der Waals surface area contributed by atoms with Crippen molar-refractivity contribution < 1.29 is 15.0 Å². The summed E-state index contributed by atoms with van der Waals surface area (Å²) in [4.78, 5) is 11.6. The molecule has 5 heteroatoms. The van der Waals surface area contributed by atoms with Crippen LogP contribution in [0.3, 0.4) is 0 Å². The smallest absolute Gasteiger partial charge is 0.216 e. The highest BCUT2D eigenvalue weighted by molar-refractivity contribution is 7.10. The number of hydrogen-bond donors (Lipinski definition) is 3. The molecular formula is C15H25NO3S. The van der Waals surface area contributed by atoms with Crippen LogP contribution < -0.4 is 5.32 Å². The Bertz CT molecular complexity index is 406. The minimum atomic E-state index is -0.966. The number of amides is 1. The Kier molecular flexibility index (Phi) is 7.80. The molecule has 0 aliphatic carbocycles. The topological polar surface area (TPSA) is 69.6 Å². The van der Waals surface area contributed by atoms with Crippen LogP contribution in [0, 0.1) is 0 Å². The standard InChI is InChI=1S/C15H25NO3S/c1-3-4-5-6-7-12-8-9-20-15(12)14(19)13(18)10-16-11(2)17/h8-9,13-14,18-19H,3-7,10H2,1-2H3,(H,16,17). The molecule has 0 saturated carbocycles. The van der Waals surface area contributed by atoms with Crippen molar-refractivity contribution in [3.63, 3.8) is 0 Å². The van der Waals surface area contributed by atoms with Gasteiger partial charge in [0.2, 0.25) is 5.91 Å². The van der Waals surface area contributed by atoms with Crippen LogP contribution in [-0.4, -0.2) is 28.8 Å². The van der Waals surface area contributed by atoms with Gasteiger partial charge in [-0.3, -0.25) is 4.79 Å². The fraction of sp³-hybridized carbons (Fsp3) is 0.667. The molecule has 4 nitrogen and oxygen atoms in total. The molecule has 1 aromatic heterocycles. The van der Waals surface area contributed by atoms with Crippen LogP contribution in [-0.2, 0) is 11.2 Å². The minimum absolute atomic E-state index is 0.0731. The quantitative estimate of drug-likeness (QED) is 0.613. The second kappa shape index (κ2) is 9.10. The maximum atomic E-state index is 10.8. The lowest BCUT2D eigenvalue weighted by Gasteiger charge is -2.18. The average molecular weight is 299 g/mol. The molecule has 1 rings (SSSR count). The van der Waals surface area contributed by atoms with Gasteiger partial charge in [-0.15, -0.1) is 11.3 Å². The monoisotopic (exact) mass is 299 g/mol. The van der Waals surface area contributed by atoms with E-state index in [4.69, 9.17) is 0 Å². The highest BCUT2D eigenvalue weighted by Gasteiger charge is 2.22. The van der Waals surface area contributed by atoms with E-state index in [0.717, 1.165) is 23.3 Å². The highest BCUT2D eigenvalue weighted by atomic mass is 32.1. The van der Waals surface area contributed by atoms with E-state index in [9.17, 15) is 15.0 Å². The molecule has 0 aliphatic heterocycles. The Hall–Kier alpha value is -0.910. The number of nitrogens with one attached hydrogen (secondary N) is 1. The molecule has 0 radical (unpaired) electrons. The molecule has 0 saturated heterocycles. The van der Waals surface area contributed by atoms with E-state index in [1.54, 1.807) is 0 Å². The van der Waals surface area contributed by atoms with Crippen molar-refractivity contribution in [1.29, 1.82) is 0 Å². The van der Waals surface area contributed by atoms with Crippen molar-refractivity contribution in [2.24, 2.45) is 0 Å². The molecule has 20 heavy (non-hydrogen) atoms. The number of rotatable bonds is 9. The zero-order valence-electron chi connectivity index (χ0n) is 12.3. The molecule has 0 aliphatic rings. The molecule has 1 amide bonds. The predicted octanol–water partition coefficient (Wildman–Crippen LogP) is 2.40. The van der Waals surface area contributed by atoms with Crippen LogP contribution in [0.25, 0.3) is 0 Å². The van der Waals surface area contributed by atoms with Gasteiger partial charge in [0.05, 0.1) is 0 Å². The van der Waals surface area contributed by atoms with Crippen molar-refractivity contribution >= 4 is 17.2 Å². The first-order valence-electron chi connectivity index (χ1n) is 7.23. The van der Waals surface area contributed by atoms with E-state index in [-0.39, 0.29) is 12.5 Å². The lowest BCUT2D eigenvalue weighted by atomic mass is 10.0. The first-order chi connectivity index (χ1) is 9.56. The van der Waals surface area contributed by atoms with Crippen molar-refractivity contribution in [3.05, 3.63) is 21.9 Å². The summed E-state index contributed by atoms with van der Waals surface area (Å²) in [5.41, 5.74) is 1.11. The number of aryl methyl sites for hydroxylation is 1. The Morgan fingerprint density at radius 1 is 1.35 bits per heavy atom. The summed E-state index contributed by atoms with van der Waals surface area (Å²) in [6.07, 6.45) is 3.77. The fourth-order valence-corrected chi connectivity index (χ4v) is 3.09. The summed E-state index contributed by atoms with van der Waals surface area (Å²) in [5.74, 6) is -0.206. The summed E-state index contributed by atoms with van der Waals surface area (Å²) in [6, 6.07) is 2.01. The van der Waals surface area contributed by atoms with Crippen molar-refractivity contribution in [2.45, 2.75) is 58.2 Å². The lowest BCUT2D eigenvalue weighted by Crippen LogP contribution is -2.34.